The Morgan fingerprint density at radius 2 is 1.86 bits per heavy atom. The number of rotatable bonds is 8. The van der Waals surface area contributed by atoms with E-state index >= 15 is 0 Å². The van der Waals surface area contributed by atoms with E-state index in [2.05, 4.69) is 18.1 Å². The van der Waals surface area contributed by atoms with Crippen molar-refractivity contribution >= 4 is 14.4 Å². The number of isocyanates is 1. The molecule has 3 nitrogen and oxygen atoms in total. The summed E-state index contributed by atoms with van der Waals surface area (Å²) in [5, 5.41) is 0. The van der Waals surface area contributed by atoms with E-state index in [-0.39, 0.29) is 0 Å². The van der Waals surface area contributed by atoms with Crippen LogP contribution >= 0.6 is 0 Å². The van der Waals surface area contributed by atoms with Gasteiger partial charge in [0.25, 0.3) is 0 Å². The summed E-state index contributed by atoms with van der Waals surface area (Å²) < 4.78 is 5.45. The fourth-order valence-electron chi connectivity index (χ4n) is 1.24. The van der Waals surface area contributed by atoms with Gasteiger partial charge in [-0.2, -0.15) is 0 Å². The van der Waals surface area contributed by atoms with Crippen LogP contribution in [-0.4, -0.2) is 28.1 Å². The van der Waals surface area contributed by atoms with E-state index in [0.29, 0.717) is 6.54 Å². The maximum absolute atomic E-state index is 9.76. The van der Waals surface area contributed by atoms with Gasteiger partial charge in [-0.05, 0) is 25.6 Å². The first-order valence-corrected chi connectivity index (χ1v) is 8.33. The van der Waals surface area contributed by atoms with E-state index < -0.39 is 8.32 Å². The molecule has 0 rings (SSSR count). The molecule has 0 aromatic carbocycles. The van der Waals surface area contributed by atoms with Gasteiger partial charge in [0.15, 0.2) is 8.32 Å². The molecule has 0 unspecified atom stereocenters. The van der Waals surface area contributed by atoms with Gasteiger partial charge in [-0.1, -0.05) is 19.3 Å². The van der Waals surface area contributed by atoms with Crippen molar-refractivity contribution in [3.8, 4) is 0 Å². The van der Waals surface area contributed by atoms with E-state index in [4.69, 9.17) is 4.43 Å². The van der Waals surface area contributed by atoms with Gasteiger partial charge in [-0.25, -0.2) is 9.79 Å². The monoisotopic (exact) mass is 215 g/mol. The zero-order chi connectivity index (χ0) is 10.9. The molecule has 0 saturated heterocycles. The molecule has 0 heterocycles. The fourth-order valence-corrected chi connectivity index (χ4v) is 2.55. The molecule has 14 heavy (non-hydrogen) atoms. The highest BCUT2D eigenvalue weighted by Crippen LogP contribution is 2.15. The molecule has 0 aromatic heterocycles. The minimum Gasteiger partial charge on any atom is -0.420 e. The Balaban J connectivity index is 3.25. The van der Waals surface area contributed by atoms with E-state index in [0.717, 1.165) is 12.8 Å². The molecule has 0 radical (unpaired) electrons. The van der Waals surface area contributed by atoms with E-state index in [1.54, 1.807) is 6.08 Å². The number of hydrogen-bond acceptors (Lipinski definition) is 3. The Bertz CT molecular complexity index is 189. The lowest BCUT2D eigenvalue weighted by atomic mass is 10.2. The maximum Gasteiger partial charge on any atom is 0.234 e. The van der Waals surface area contributed by atoms with Gasteiger partial charge in [-0.3, -0.25) is 0 Å². The number of hydrogen-bond donors (Lipinski definition) is 0. The van der Waals surface area contributed by atoms with Gasteiger partial charge in [0.05, 0.1) is 6.54 Å². The molecular weight excluding hydrogens is 194 g/mol. The first kappa shape index (κ1) is 13.6. The van der Waals surface area contributed by atoms with Crippen molar-refractivity contribution < 1.29 is 9.22 Å². The molecule has 0 aliphatic heterocycles. The Morgan fingerprint density at radius 3 is 2.43 bits per heavy atom. The predicted octanol–water partition coefficient (Wildman–Crippen LogP) is 2.73. The number of carbonyl (C=O) groups excluding carboxylic acids is 1. The Morgan fingerprint density at radius 1 is 1.21 bits per heavy atom. The summed E-state index contributed by atoms with van der Waals surface area (Å²) in [5.41, 5.74) is 0. The molecule has 0 aliphatic rings. The number of unbranched alkanes of at least 4 members (excludes halogenated alkanes) is 3. The largest absolute Gasteiger partial charge is 0.420 e. The summed E-state index contributed by atoms with van der Waals surface area (Å²) in [6.07, 6.45) is 6.16. The summed E-state index contributed by atoms with van der Waals surface area (Å²) >= 11 is 0. The van der Waals surface area contributed by atoms with Crippen molar-refractivity contribution in [1.82, 2.24) is 0 Å². The minimum absolute atomic E-state index is 0.634. The second-order valence-electron chi connectivity index (χ2n) is 4.10. The average molecular weight is 215 g/mol. The van der Waals surface area contributed by atoms with Crippen molar-refractivity contribution in [2.75, 3.05) is 13.7 Å². The average Bonchev–Trinajstić information content (AvgIpc) is 2.16. The van der Waals surface area contributed by atoms with Crippen LogP contribution < -0.4 is 0 Å². The minimum atomic E-state index is -1.34. The number of nitrogens with zero attached hydrogens (tertiary/aromatic N) is 1. The summed E-state index contributed by atoms with van der Waals surface area (Å²) in [4.78, 5) is 13.3. The molecule has 0 amide bonds. The van der Waals surface area contributed by atoms with Gasteiger partial charge in [-0.15, -0.1) is 0 Å². The van der Waals surface area contributed by atoms with Crippen LogP contribution in [-0.2, 0) is 9.22 Å². The first-order valence-electron chi connectivity index (χ1n) is 5.21. The molecule has 0 saturated carbocycles. The van der Waals surface area contributed by atoms with Crippen molar-refractivity contribution in [3.63, 3.8) is 0 Å². The van der Waals surface area contributed by atoms with E-state index in [1.807, 2.05) is 7.11 Å². The van der Waals surface area contributed by atoms with Gasteiger partial charge in [0.1, 0.15) is 0 Å². The Kier molecular flexibility index (Phi) is 7.66. The standard InChI is InChI=1S/C10H21NO2Si/c1-13-14(2,3)9-7-5-4-6-8-11-10-12/h4-9H2,1-3H3. The van der Waals surface area contributed by atoms with Crippen LogP contribution in [0.1, 0.15) is 25.7 Å². The molecule has 0 N–H and O–H groups in total. The van der Waals surface area contributed by atoms with Crippen molar-refractivity contribution in [2.24, 2.45) is 4.99 Å². The molecule has 0 fully saturated rings. The van der Waals surface area contributed by atoms with Crippen LogP contribution in [0.25, 0.3) is 0 Å². The topological polar surface area (TPSA) is 38.7 Å². The lowest BCUT2D eigenvalue weighted by Gasteiger charge is -2.19. The van der Waals surface area contributed by atoms with Gasteiger partial charge in [0.2, 0.25) is 6.08 Å². The van der Waals surface area contributed by atoms with Crippen LogP contribution in [0, 0.1) is 0 Å². The van der Waals surface area contributed by atoms with Gasteiger partial charge >= 0.3 is 0 Å². The molecule has 0 spiro atoms. The lowest BCUT2D eigenvalue weighted by Crippen LogP contribution is -2.27. The van der Waals surface area contributed by atoms with E-state index in [1.165, 1.54) is 18.9 Å². The van der Waals surface area contributed by atoms with Crippen LogP contribution in [0.3, 0.4) is 0 Å². The third-order valence-corrected chi connectivity index (χ3v) is 5.08. The lowest BCUT2D eigenvalue weighted by molar-refractivity contribution is 0.401. The molecule has 4 heteroatoms. The maximum atomic E-state index is 9.76. The fraction of sp³-hybridized carbons (Fsp3) is 0.900. The summed E-state index contributed by atoms with van der Waals surface area (Å²) in [5.74, 6) is 0. The quantitative estimate of drug-likeness (QED) is 0.270. The van der Waals surface area contributed by atoms with Gasteiger partial charge < -0.3 is 4.43 Å². The summed E-state index contributed by atoms with van der Waals surface area (Å²) in [6.45, 7) is 5.11. The van der Waals surface area contributed by atoms with Crippen molar-refractivity contribution in [2.45, 2.75) is 44.8 Å². The normalized spacial score (nSPS) is 11.1. The van der Waals surface area contributed by atoms with Crippen LogP contribution in [0.2, 0.25) is 19.1 Å². The number of aliphatic imine (C=N–C) groups is 1. The second kappa shape index (κ2) is 7.91. The molecule has 0 atom stereocenters. The zero-order valence-corrected chi connectivity index (χ0v) is 10.5. The molecular formula is C10H21NO2Si. The smallest absolute Gasteiger partial charge is 0.234 e. The van der Waals surface area contributed by atoms with Crippen molar-refractivity contribution in [3.05, 3.63) is 0 Å². The third kappa shape index (κ3) is 8.17. The Hall–Kier alpha value is -0.443. The highest BCUT2D eigenvalue weighted by atomic mass is 28.4. The van der Waals surface area contributed by atoms with Crippen LogP contribution in [0.4, 0.5) is 0 Å². The Labute approximate surface area is 87.7 Å². The predicted molar refractivity (Wildman–Crippen MR) is 60.8 cm³/mol. The summed E-state index contributed by atoms with van der Waals surface area (Å²) in [6, 6.07) is 1.22. The van der Waals surface area contributed by atoms with Crippen LogP contribution in [0.5, 0.6) is 0 Å². The van der Waals surface area contributed by atoms with E-state index in [9.17, 15) is 4.79 Å². The third-order valence-electron chi connectivity index (χ3n) is 2.42. The second-order valence-corrected chi connectivity index (χ2v) is 8.53. The highest BCUT2D eigenvalue weighted by molar-refractivity contribution is 6.71. The molecule has 0 aliphatic carbocycles. The molecule has 82 valence electrons. The zero-order valence-electron chi connectivity index (χ0n) is 9.51. The van der Waals surface area contributed by atoms with Crippen LogP contribution in [0.15, 0.2) is 4.99 Å². The first-order chi connectivity index (χ1) is 6.62. The highest BCUT2D eigenvalue weighted by Gasteiger charge is 2.18. The van der Waals surface area contributed by atoms with Gasteiger partial charge in [0, 0.05) is 7.11 Å². The molecule has 0 bridgehead atoms. The van der Waals surface area contributed by atoms with Crippen molar-refractivity contribution in [1.29, 1.82) is 0 Å². The SMILES string of the molecule is CO[Si](C)(C)CCCCCCN=C=O. The molecule has 0 aromatic rings. The summed E-state index contributed by atoms with van der Waals surface area (Å²) in [7, 11) is 0.472.